The first-order valence-corrected chi connectivity index (χ1v) is 6.80. The van der Waals surface area contributed by atoms with Crippen molar-refractivity contribution in [2.24, 2.45) is 12.1 Å². The lowest BCUT2D eigenvalue weighted by Gasteiger charge is -1.94. The maximum Gasteiger partial charge on any atom is 0.201 e. The number of hydrogen-bond donors (Lipinski definition) is 0. The third kappa shape index (κ3) is 1.81. The molecule has 0 spiro atoms. The second-order valence-corrected chi connectivity index (χ2v) is 5.25. The molecule has 0 radical (unpaired) electrons. The average Bonchev–Trinajstić information content (AvgIpc) is 2.98. The van der Waals surface area contributed by atoms with Crippen LogP contribution in [0.5, 0.6) is 0 Å². The van der Waals surface area contributed by atoms with Gasteiger partial charge >= 0.3 is 0 Å². The molecule has 0 saturated heterocycles. The number of para-hydroxylation sites is 2. The van der Waals surface area contributed by atoms with Gasteiger partial charge in [0.2, 0.25) is 4.77 Å². The molecule has 0 amide bonds. The van der Waals surface area contributed by atoms with Gasteiger partial charge in [-0.05, 0) is 35.8 Å². The van der Waals surface area contributed by atoms with Crippen LogP contribution in [0.1, 0.15) is 4.88 Å². The Morgan fingerprint density at radius 1 is 1.17 bits per heavy atom. The van der Waals surface area contributed by atoms with Gasteiger partial charge in [0.25, 0.3) is 0 Å². The number of fused-ring (bicyclic) bond motifs is 1. The van der Waals surface area contributed by atoms with Crippen LogP contribution in [-0.2, 0) is 7.05 Å². The Kier molecular flexibility index (Phi) is 2.85. The Hall–Kier alpha value is -1.72. The van der Waals surface area contributed by atoms with E-state index < -0.39 is 0 Å². The third-order valence-electron chi connectivity index (χ3n) is 2.78. The quantitative estimate of drug-likeness (QED) is 0.516. The molecule has 0 unspecified atom stereocenters. The van der Waals surface area contributed by atoms with E-state index in [0.29, 0.717) is 4.77 Å². The van der Waals surface area contributed by atoms with Gasteiger partial charge in [0.05, 0.1) is 17.2 Å². The molecule has 0 aliphatic rings. The number of hydrogen-bond acceptors (Lipinski definition) is 3. The van der Waals surface area contributed by atoms with Crippen molar-refractivity contribution in [3.8, 4) is 0 Å². The summed E-state index contributed by atoms with van der Waals surface area (Å²) in [6, 6.07) is 12.1. The standard InChI is InChI=1S/C13H11N3S2/c1-15-11-6-2-3-7-12(11)16(13(15)17)14-9-10-5-4-8-18-10/h2-9H,1H3/b14-9-. The van der Waals surface area contributed by atoms with Gasteiger partial charge in [-0.3, -0.25) is 0 Å². The minimum absolute atomic E-state index is 0.698. The van der Waals surface area contributed by atoms with Crippen LogP contribution in [0.4, 0.5) is 0 Å². The molecule has 5 heteroatoms. The van der Waals surface area contributed by atoms with Gasteiger partial charge < -0.3 is 4.57 Å². The molecular weight excluding hydrogens is 262 g/mol. The van der Waals surface area contributed by atoms with Crippen molar-refractivity contribution in [3.05, 3.63) is 51.4 Å². The van der Waals surface area contributed by atoms with Gasteiger partial charge in [-0.1, -0.05) is 18.2 Å². The molecule has 2 aromatic heterocycles. The zero-order valence-electron chi connectivity index (χ0n) is 9.78. The molecule has 18 heavy (non-hydrogen) atoms. The number of benzene rings is 1. The molecule has 3 rings (SSSR count). The molecule has 0 atom stereocenters. The second-order valence-electron chi connectivity index (χ2n) is 3.90. The maximum absolute atomic E-state index is 5.40. The van der Waals surface area contributed by atoms with Crippen molar-refractivity contribution in [1.82, 2.24) is 9.24 Å². The van der Waals surface area contributed by atoms with Crippen LogP contribution in [-0.4, -0.2) is 15.5 Å². The highest BCUT2D eigenvalue weighted by atomic mass is 32.1. The average molecular weight is 273 g/mol. The number of aromatic nitrogens is 2. The fourth-order valence-corrected chi connectivity index (χ4v) is 2.69. The first-order chi connectivity index (χ1) is 8.77. The van der Waals surface area contributed by atoms with E-state index in [-0.39, 0.29) is 0 Å². The van der Waals surface area contributed by atoms with E-state index in [0.717, 1.165) is 15.9 Å². The van der Waals surface area contributed by atoms with Gasteiger partial charge in [-0.25, -0.2) is 4.68 Å². The fraction of sp³-hybridized carbons (Fsp3) is 0.0769. The van der Waals surface area contributed by atoms with Crippen LogP contribution in [0.15, 0.2) is 46.9 Å². The lowest BCUT2D eigenvalue weighted by Crippen LogP contribution is -1.92. The first kappa shape index (κ1) is 11.4. The molecule has 0 bridgehead atoms. The molecule has 1 aromatic carbocycles. The van der Waals surface area contributed by atoms with E-state index in [4.69, 9.17) is 12.2 Å². The molecule has 0 aliphatic heterocycles. The lowest BCUT2D eigenvalue weighted by atomic mass is 10.3. The number of rotatable bonds is 2. The summed E-state index contributed by atoms with van der Waals surface area (Å²) in [5, 5.41) is 6.51. The van der Waals surface area contributed by atoms with E-state index >= 15 is 0 Å². The number of aryl methyl sites for hydroxylation is 1. The smallest absolute Gasteiger partial charge is 0.201 e. The summed E-state index contributed by atoms with van der Waals surface area (Å²) in [6.45, 7) is 0. The van der Waals surface area contributed by atoms with Crippen LogP contribution in [0.2, 0.25) is 0 Å². The van der Waals surface area contributed by atoms with Crippen LogP contribution in [0.3, 0.4) is 0 Å². The van der Waals surface area contributed by atoms with E-state index in [9.17, 15) is 0 Å². The van der Waals surface area contributed by atoms with Gasteiger partial charge in [0, 0.05) is 11.9 Å². The summed E-state index contributed by atoms with van der Waals surface area (Å²) < 4.78 is 4.46. The minimum Gasteiger partial charge on any atom is -0.318 e. The van der Waals surface area contributed by atoms with Gasteiger partial charge in [0.15, 0.2) is 0 Å². The summed E-state index contributed by atoms with van der Waals surface area (Å²) >= 11 is 7.06. The zero-order chi connectivity index (χ0) is 12.5. The van der Waals surface area contributed by atoms with Gasteiger partial charge in [-0.2, -0.15) is 5.10 Å². The predicted octanol–water partition coefficient (Wildman–Crippen LogP) is 3.65. The van der Waals surface area contributed by atoms with Gasteiger partial charge in [0.1, 0.15) is 0 Å². The van der Waals surface area contributed by atoms with Crippen LogP contribution >= 0.6 is 23.6 Å². The third-order valence-corrected chi connectivity index (χ3v) is 4.04. The van der Waals surface area contributed by atoms with Crippen molar-refractivity contribution in [2.45, 2.75) is 0 Å². The Labute approximate surface area is 114 Å². The van der Waals surface area contributed by atoms with Crippen LogP contribution in [0, 0.1) is 4.77 Å². The number of imidazole rings is 1. The number of thiophene rings is 1. The van der Waals surface area contributed by atoms with E-state index in [1.165, 1.54) is 0 Å². The van der Waals surface area contributed by atoms with E-state index in [1.54, 1.807) is 16.0 Å². The highest BCUT2D eigenvalue weighted by molar-refractivity contribution is 7.71. The van der Waals surface area contributed by atoms with Crippen molar-refractivity contribution in [2.75, 3.05) is 0 Å². The summed E-state index contributed by atoms with van der Waals surface area (Å²) in [6.07, 6.45) is 1.84. The largest absolute Gasteiger partial charge is 0.318 e. The highest BCUT2D eigenvalue weighted by Gasteiger charge is 2.05. The summed E-state index contributed by atoms with van der Waals surface area (Å²) in [5.41, 5.74) is 2.11. The van der Waals surface area contributed by atoms with Crippen molar-refractivity contribution in [1.29, 1.82) is 0 Å². The number of nitrogens with zero attached hydrogens (tertiary/aromatic N) is 3. The van der Waals surface area contributed by atoms with E-state index in [2.05, 4.69) is 5.10 Å². The Morgan fingerprint density at radius 3 is 2.67 bits per heavy atom. The first-order valence-electron chi connectivity index (χ1n) is 5.52. The Bertz CT molecular complexity index is 763. The van der Waals surface area contributed by atoms with Crippen molar-refractivity contribution < 1.29 is 0 Å². The predicted molar refractivity (Wildman–Crippen MR) is 79.1 cm³/mol. The summed E-state index contributed by atoms with van der Waals surface area (Å²) in [4.78, 5) is 1.12. The minimum atomic E-state index is 0.698. The zero-order valence-corrected chi connectivity index (χ0v) is 11.4. The fourth-order valence-electron chi connectivity index (χ4n) is 1.87. The summed E-state index contributed by atoms with van der Waals surface area (Å²) in [7, 11) is 1.96. The second kappa shape index (κ2) is 4.51. The molecular formula is C13H11N3S2. The molecule has 0 saturated carbocycles. The molecule has 3 aromatic rings. The lowest BCUT2D eigenvalue weighted by molar-refractivity contribution is 0.818. The Balaban J connectivity index is 2.18. The normalized spacial score (nSPS) is 11.6. The Morgan fingerprint density at radius 2 is 1.94 bits per heavy atom. The van der Waals surface area contributed by atoms with Crippen molar-refractivity contribution >= 4 is 40.8 Å². The molecule has 3 nitrogen and oxygen atoms in total. The molecule has 90 valence electrons. The van der Waals surface area contributed by atoms with E-state index in [1.807, 2.05) is 59.6 Å². The maximum atomic E-state index is 5.40. The molecule has 0 aliphatic carbocycles. The monoisotopic (exact) mass is 273 g/mol. The van der Waals surface area contributed by atoms with Crippen LogP contribution < -0.4 is 0 Å². The van der Waals surface area contributed by atoms with Crippen LogP contribution in [0.25, 0.3) is 11.0 Å². The summed E-state index contributed by atoms with van der Waals surface area (Å²) in [5.74, 6) is 0. The van der Waals surface area contributed by atoms with Gasteiger partial charge in [-0.15, -0.1) is 11.3 Å². The SMILES string of the molecule is Cn1c(=S)n(/N=C\c2cccs2)c2ccccc21. The molecule has 2 heterocycles. The molecule has 0 fully saturated rings. The van der Waals surface area contributed by atoms with Crippen molar-refractivity contribution in [3.63, 3.8) is 0 Å². The molecule has 0 N–H and O–H groups in total. The topological polar surface area (TPSA) is 22.2 Å². The highest BCUT2D eigenvalue weighted by Crippen LogP contribution is 2.16.